The van der Waals surface area contributed by atoms with E-state index < -0.39 is 0 Å². The molecule has 1 heterocycles. The minimum Gasteiger partial charge on any atom is -0.311 e. The summed E-state index contributed by atoms with van der Waals surface area (Å²) in [6, 6.07) is 87.8. The van der Waals surface area contributed by atoms with E-state index in [0.717, 1.165) is 22.7 Å². The van der Waals surface area contributed by atoms with Gasteiger partial charge in [0.25, 0.3) is 0 Å². The quantitative estimate of drug-likeness (QED) is 0.150. The first kappa shape index (κ1) is 35.2. The summed E-state index contributed by atoms with van der Waals surface area (Å²) in [5.41, 5.74) is 16.4. The van der Waals surface area contributed by atoms with E-state index >= 15 is 0 Å². The standard InChI is InChI=1S/C58H40N2/c1-4-17-41(18-5-1)45-37-46(54-29-16-20-42-19-10-11-25-51(42)54)39-50(38-45)60-57-30-15-14-28-55(57)56-40-44(33-36-58(56)60)53-27-13-12-26-52(53)43-31-34-49(35-32-43)59(47-21-6-2-7-22-47)48-23-8-3-9-24-48/h1-40H. The zero-order valence-electron chi connectivity index (χ0n) is 33.0. The van der Waals surface area contributed by atoms with Crippen molar-refractivity contribution in [1.82, 2.24) is 4.57 Å². The summed E-state index contributed by atoms with van der Waals surface area (Å²) in [6.07, 6.45) is 0. The Morgan fingerprint density at radius 3 is 1.52 bits per heavy atom. The molecule has 0 saturated heterocycles. The Bertz CT molecular complexity index is 3250. The maximum atomic E-state index is 2.45. The molecule has 0 spiro atoms. The Morgan fingerprint density at radius 1 is 0.267 bits per heavy atom. The van der Waals surface area contributed by atoms with E-state index in [1.54, 1.807) is 0 Å². The largest absolute Gasteiger partial charge is 0.311 e. The smallest absolute Gasteiger partial charge is 0.0541 e. The fourth-order valence-corrected chi connectivity index (χ4v) is 8.97. The zero-order chi connectivity index (χ0) is 39.8. The van der Waals surface area contributed by atoms with Crippen LogP contribution in [0.5, 0.6) is 0 Å². The van der Waals surface area contributed by atoms with Gasteiger partial charge in [0, 0.05) is 33.5 Å². The van der Waals surface area contributed by atoms with E-state index in [2.05, 4.69) is 252 Å². The van der Waals surface area contributed by atoms with Crippen LogP contribution in [-0.2, 0) is 0 Å². The maximum absolute atomic E-state index is 2.45. The summed E-state index contributed by atoms with van der Waals surface area (Å²) in [5, 5.41) is 4.95. The SMILES string of the molecule is c1ccc(-c2cc(-c3cccc4ccccc34)cc(-n3c4ccccc4c4cc(-c5ccccc5-c5ccc(N(c6ccccc6)c6ccccc6)cc5)ccc43)c2)cc1. The summed E-state index contributed by atoms with van der Waals surface area (Å²) in [5.74, 6) is 0. The molecule has 60 heavy (non-hydrogen) atoms. The average molecular weight is 765 g/mol. The summed E-state index contributed by atoms with van der Waals surface area (Å²) in [4.78, 5) is 2.31. The van der Waals surface area contributed by atoms with Gasteiger partial charge in [0.15, 0.2) is 0 Å². The Hall–Kier alpha value is -7.94. The zero-order valence-corrected chi connectivity index (χ0v) is 33.0. The van der Waals surface area contributed by atoms with Gasteiger partial charge in [-0.15, -0.1) is 0 Å². The molecule has 0 unspecified atom stereocenters. The van der Waals surface area contributed by atoms with Crippen LogP contribution < -0.4 is 4.90 Å². The van der Waals surface area contributed by atoms with Crippen molar-refractivity contribution in [3.63, 3.8) is 0 Å². The lowest BCUT2D eigenvalue weighted by Crippen LogP contribution is -2.09. The Balaban J connectivity index is 1.04. The molecule has 0 aliphatic carbocycles. The van der Waals surface area contributed by atoms with Gasteiger partial charge in [0.05, 0.1) is 11.0 Å². The highest BCUT2D eigenvalue weighted by Gasteiger charge is 2.18. The van der Waals surface area contributed by atoms with Crippen LogP contribution in [0.1, 0.15) is 0 Å². The van der Waals surface area contributed by atoms with Crippen molar-refractivity contribution >= 4 is 49.6 Å². The lowest BCUT2D eigenvalue weighted by molar-refractivity contribution is 1.18. The topological polar surface area (TPSA) is 8.17 Å². The molecule has 0 amide bonds. The third-order valence-electron chi connectivity index (χ3n) is 11.8. The second-order valence-electron chi connectivity index (χ2n) is 15.3. The van der Waals surface area contributed by atoms with E-state index in [1.165, 1.54) is 77.1 Å². The molecule has 0 aliphatic rings. The molecule has 10 aromatic carbocycles. The molecule has 282 valence electrons. The van der Waals surface area contributed by atoms with Crippen molar-refractivity contribution in [2.24, 2.45) is 0 Å². The fourth-order valence-electron chi connectivity index (χ4n) is 8.97. The predicted molar refractivity (Wildman–Crippen MR) is 255 cm³/mol. The molecule has 0 N–H and O–H groups in total. The summed E-state index contributed by atoms with van der Waals surface area (Å²) >= 11 is 0. The van der Waals surface area contributed by atoms with Crippen molar-refractivity contribution in [3.8, 4) is 50.2 Å². The molecule has 0 aliphatic heterocycles. The van der Waals surface area contributed by atoms with Gasteiger partial charge in [0.2, 0.25) is 0 Å². The van der Waals surface area contributed by atoms with Gasteiger partial charge in [-0.1, -0.05) is 170 Å². The number of benzene rings is 10. The van der Waals surface area contributed by atoms with Gasteiger partial charge in [-0.05, 0) is 128 Å². The van der Waals surface area contributed by atoms with E-state index in [9.17, 15) is 0 Å². The van der Waals surface area contributed by atoms with Gasteiger partial charge < -0.3 is 9.47 Å². The first-order valence-corrected chi connectivity index (χ1v) is 20.6. The Labute approximate surface area is 350 Å². The van der Waals surface area contributed by atoms with Gasteiger partial charge in [0.1, 0.15) is 0 Å². The second kappa shape index (κ2) is 15.1. The van der Waals surface area contributed by atoms with Gasteiger partial charge in [-0.3, -0.25) is 0 Å². The molecule has 1 aromatic heterocycles. The van der Waals surface area contributed by atoms with Crippen LogP contribution in [0.2, 0.25) is 0 Å². The van der Waals surface area contributed by atoms with Crippen LogP contribution in [0, 0.1) is 0 Å². The van der Waals surface area contributed by atoms with Crippen LogP contribution in [0.25, 0.3) is 82.8 Å². The molecular formula is C58H40N2. The number of nitrogens with zero attached hydrogens (tertiary/aromatic N) is 2. The van der Waals surface area contributed by atoms with Crippen molar-refractivity contribution in [1.29, 1.82) is 0 Å². The Morgan fingerprint density at radius 2 is 0.783 bits per heavy atom. The number of rotatable bonds is 8. The molecule has 0 saturated carbocycles. The monoisotopic (exact) mass is 764 g/mol. The first-order valence-electron chi connectivity index (χ1n) is 20.6. The van der Waals surface area contributed by atoms with Crippen molar-refractivity contribution in [3.05, 3.63) is 243 Å². The number of para-hydroxylation sites is 3. The molecule has 2 heteroatoms. The van der Waals surface area contributed by atoms with Crippen molar-refractivity contribution in [2.75, 3.05) is 4.90 Å². The average Bonchev–Trinajstić information content (AvgIpc) is 3.66. The minimum atomic E-state index is 1.11. The molecule has 11 rings (SSSR count). The Kier molecular flexibility index (Phi) is 8.87. The highest BCUT2D eigenvalue weighted by atomic mass is 15.1. The number of fused-ring (bicyclic) bond motifs is 4. The summed E-state index contributed by atoms with van der Waals surface area (Å²) in [7, 11) is 0. The van der Waals surface area contributed by atoms with Crippen LogP contribution in [-0.4, -0.2) is 4.57 Å². The van der Waals surface area contributed by atoms with Crippen molar-refractivity contribution in [2.45, 2.75) is 0 Å². The van der Waals surface area contributed by atoms with E-state index in [-0.39, 0.29) is 0 Å². The van der Waals surface area contributed by atoms with E-state index in [1.807, 2.05) is 0 Å². The predicted octanol–water partition coefficient (Wildman–Crippen LogP) is 16.1. The van der Waals surface area contributed by atoms with Gasteiger partial charge in [-0.25, -0.2) is 0 Å². The molecule has 0 atom stereocenters. The van der Waals surface area contributed by atoms with E-state index in [0.29, 0.717) is 0 Å². The highest BCUT2D eigenvalue weighted by molar-refractivity contribution is 6.11. The van der Waals surface area contributed by atoms with Crippen molar-refractivity contribution < 1.29 is 0 Å². The van der Waals surface area contributed by atoms with E-state index in [4.69, 9.17) is 0 Å². The second-order valence-corrected chi connectivity index (χ2v) is 15.3. The minimum absolute atomic E-state index is 1.11. The molecule has 2 nitrogen and oxygen atoms in total. The first-order chi connectivity index (χ1) is 29.8. The number of hydrogen-bond acceptors (Lipinski definition) is 1. The lowest BCUT2D eigenvalue weighted by Gasteiger charge is -2.25. The number of aromatic nitrogens is 1. The molecule has 11 aromatic rings. The van der Waals surface area contributed by atoms with Crippen LogP contribution in [0.3, 0.4) is 0 Å². The lowest BCUT2D eigenvalue weighted by atomic mass is 9.93. The number of hydrogen-bond donors (Lipinski definition) is 0. The van der Waals surface area contributed by atoms with Gasteiger partial charge in [-0.2, -0.15) is 0 Å². The van der Waals surface area contributed by atoms with Crippen LogP contribution in [0.15, 0.2) is 243 Å². The van der Waals surface area contributed by atoms with Gasteiger partial charge >= 0.3 is 0 Å². The van der Waals surface area contributed by atoms with Crippen LogP contribution >= 0.6 is 0 Å². The normalized spacial score (nSPS) is 11.3. The molecule has 0 radical (unpaired) electrons. The van der Waals surface area contributed by atoms with Crippen LogP contribution in [0.4, 0.5) is 17.1 Å². The highest BCUT2D eigenvalue weighted by Crippen LogP contribution is 2.41. The summed E-state index contributed by atoms with van der Waals surface area (Å²) in [6.45, 7) is 0. The molecular weight excluding hydrogens is 725 g/mol. The fraction of sp³-hybridized carbons (Fsp3) is 0. The molecule has 0 fully saturated rings. The number of anilines is 3. The third-order valence-corrected chi connectivity index (χ3v) is 11.8. The maximum Gasteiger partial charge on any atom is 0.0541 e. The molecule has 0 bridgehead atoms. The third kappa shape index (κ3) is 6.32. The summed E-state index contributed by atoms with van der Waals surface area (Å²) < 4.78 is 2.45.